The van der Waals surface area contributed by atoms with Crippen molar-refractivity contribution in [1.29, 1.82) is 0 Å². The minimum Gasteiger partial charge on any atom is -0.490 e. The maximum atomic E-state index is 14.3. The molecular formula is C20H27ClFN5O2. The summed E-state index contributed by atoms with van der Waals surface area (Å²) in [6, 6.07) is 4.73. The van der Waals surface area contributed by atoms with Crippen LogP contribution in [0.1, 0.15) is 60.7 Å². The van der Waals surface area contributed by atoms with E-state index in [-0.39, 0.29) is 41.8 Å². The molecule has 0 radical (unpaired) electrons. The fourth-order valence-electron chi connectivity index (χ4n) is 3.38. The van der Waals surface area contributed by atoms with Crippen molar-refractivity contribution in [3.05, 3.63) is 41.5 Å². The number of nitrogens with zero attached hydrogens (tertiary/aromatic N) is 3. The summed E-state index contributed by atoms with van der Waals surface area (Å²) < 4.78 is 21.6. The molecule has 1 unspecified atom stereocenters. The molecule has 1 saturated heterocycles. The Hall–Kier alpha value is -2.19. The highest BCUT2D eigenvalue weighted by Gasteiger charge is 2.23. The first-order valence-corrected chi connectivity index (χ1v) is 9.96. The van der Waals surface area contributed by atoms with E-state index < -0.39 is 5.82 Å². The molecule has 1 aliphatic heterocycles. The molecule has 2 fully saturated rings. The van der Waals surface area contributed by atoms with E-state index >= 15 is 0 Å². The van der Waals surface area contributed by atoms with Crippen LogP contribution in [0.25, 0.3) is 0 Å². The highest BCUT2D eigenvalue weighted by atomic mass is 35.5. The maximum Gasteiger partial charge on any atom is 0.273 e. The maximum absolute atomic E-state index is 14.3. The topological polar surface area (TPSA) is 81.1 Å². The SMILES string of the molecule is CC(NC(=O)c1cn(C2CCNCC2)nn1)c1ccc(OCC2CC2)c(F)c1.Cl. The fraction of sp³-hybridized carbons (Fsp3) is 0.550. The number of rotatable bonds is 7. The molecule has 0 bridgehead atoms. The van der Waals surface area contributed by atoms with Gasteiger partial charge in [-0.1, -0.05) is 11.3 Å². The first kappa shape index (κ1) is 21.5. The van der Waals surface area contributed by atoms with Crippen molar-refractivity contribution in [2.24, 2.45) is 5.92 Å². The third-order valence-electron chi connectivity index (χ3n) is 5.40. The van der Waals surface area contributed by atoms with Crippen LogP contribution < -0.4 is 15.4 Å². The fourth-order valence-corrected chi connectivity index (χ4v) is 3.38. The van der Waals surface area contributed by atoms with E-state index in [0.717, 1.165) is 38.8 Å². The minimum atomic E-state index is -0.406. The Bertz CT molecular complexity index is 836. The summed E-state index contributed by atoms with van der Waals surface area (Å²) >= 11 is 0. The molecule has 2 aliphatic rings. The van der Waals surface area contributed by atoms with Crippen molar-refractivity contribution in [3.8, 4) is 5.75 Å². The number of hydrogen-bond acceptors (Lipinski definition) is 5. The normalized spacial score (nSPS) is 18.0. The molecule has 2 heterocycles. The Morgan fingerprint density at radius 1 is 1.34 bits per heavy atom. The molecule has 0 spiro atoms. The molecule has 1 aliphatic carbocycles. The first-order chi connectivity index (χ1) is 13.6. The van der Waals surface area contributed by atoms with Gasteiger partial charge < -0.3 is 15.4 Å². The predicted molar refractivity (Wildman–Crippen MR) is 109 cm³/mol. The monoisotopic (exact) mass is 423 g/mol. The number of piperidine rings is 1. The van der Waals surface area contributed by atoms with Crippen molar-refractivity contribution in [3.63, 3.8) is 0 Å². The van der Waals surface area contributed by atoms with Gasteiger partial charge in [-0.05, 0) is 69.3 Å². The van der Waals surface area contributed by atoms with Gasteiger partial charge in [-0.25, -0.2) is 9.07 Å². The van der Waals surface area contributed by atoms with Crippen LogP contribution in [0.15, 0.2) is 24.4 Å². The molecule has 1 saturated carbocycles. The lowest BCUT2D eigenvalue weighted by Crippen LogP contribution is -2.29. The third-order valence-corrected chi connectivity index (χ3v) is 5.40. The number of halogens is 2. The van der Waals surface area contributed by atoms with Crippen LogP contribution in [-0.2, 0) is 0 Å². The lowest BCUT2D eigenvalue weighted by atomic mass is 10.1. The number of ether oxygens (including phenoxy) is 1. The van der Waals surface area contributed by atoms with Crippen molar-refractivity contribution in [2.45, 2.75) is 44.7 Å². The number of amides is 1. The van der Waals surface area contributed by atoms with Crippen LogP contribution in [0.5, 0.6) is 5.75 Å². The Morgan fingerprint density at radius 2 is 2.10 bits per heavy atom. The van der Waals surface area contributed by atoms with Crippen LogP contribution in [-0.4, -0.2) is 40.6 Å². The average Bonchev–Trinajstić information content (AvgIpc) is 3.40. The van der Waals surface area contributed by atoms with Crippen molar-refractivity contribution < 1.29 is 13.9 Å². The van der Waals surface area contributed by atoms with Gasteiger partial charge in [-0.2, -0.15) is 0 Å². The highest BCUT2D eigenvalue weighted by Crippen LogP contribution is 2.30. The number of carbonyl (C=O) groups is 1. The standard InChI is InChI=1S/C20H26FN5O2.ClH/c1-13(15-4-5-19(17(21)10-15)28-12-14-2-3-14)23-20(27)18-11-26(25-24-18)16-6-8-22-9-7-16;/h4-5,10-11,13-14,16,22H,2-3,6-9,12H2,1H3,(H,23,27);1H. The molecule has 2 N–H and O–H groups in total. The van der Waals surface area contributed by atoms with Gasteiger partial charge in [0.1, 0.15) is 0 Å². The smallest absolute Gasteiger partial charge is 0.273 e. The number of hydrogen-bond donors (Lipinski definition) is 2. The van der Waals surface area contributed by atoms with E-state index in [9.17, 15) is 9.18 Å². The van der Waals surface area contributed by atoms with Crippen LogP contribution in [0, 0.1) is 11.7 Å². The van der Waals surface area contributed by atoms with Crippen LogP contribution in [0.3, 0.4) is 0 Å². The quantitative estimate of drug-likeness (QED) is 0.715. The summed E-state index contributed by atoms with van der Waals surface area (Å²) in [6.07, 6.45) is 5.94. The summed E-state index contributed by atoms with van der Waals surface area (Å²) in [7, 11) is 0. The molecule has 1 aromatic heterocycles. The second-order valence-electron chi connectivity index (χ2n) is 7.70. The Balaban J connectivity index is 0.00000240. The Morgan fingerprint density at radius 3 is 2.79 bits per heavy atom. The van der Waals surface area contributed by atoms with Crippen LogP contribution in [0.4, 0.5) is 4.39 Å². The van der Waals surface area contributed by atoms with E-state index in [1.807, 2.05) is 6.92 Å². The molecule has 4 rings (SSSR count). The Kier molecular flexibility index (Phi) is 7.08. The number of aromatic nitrogens is 3. The molecule has 1 amide bonds. The van der Waals surface area contributed by atoms with E-state index in [0.29, 0.717) is 18.1 Å². The molecule has 9 heteroatoms. The van der Waals surface area contributed by atoms with Crippen molar-refractivity contribution >= 4 is 18.3 Å². The van der Waals surface area contributed by atoms with Crippen molar-refractivity contribution in [1.82, 2.24) is 25.6 Å². The summed E-state index contributed by atoms with van der Waals surface area (Å²) in [4.78, 5) is 12.5. The number of nitrogens with one attached hydrogen (secondary N) is 2. The van der Waals surface area contributed by atoms with Crippen LogP contribution >= 0.6 is 12.4 Å². The largest absolute Gasteiger partial charge is 0.490 e. The lowest BCUT2D eigenvalue weighted by Gasteiger charge is -2.22. The first-order valence-electron chi connectivity index (χ1n) is 9.96. The predicted octanol–water partition coefficient (Wildman–Crippen LogP) is 3.04. The molecular weight excluding hydrogens is 397 g/mol. The number of carbonyl (C=O) groups excluding carboxylic acids is 1. The highest BCUT2D eigenvalue weighted by molar-refractivity contribution is 5.92. The zero-order valence-electron chi connectivity index (χ0n) is 16.4. The molecule has 1 atom stereocenters. The van der Waals surface area contributed by atoms with Gasteiger partial charge in [0.2, 0.25) is 0 Å². The van der Waals surface area contributed by atoms with Crippen LogP contribution in [0.2, 0.25) is 0 Å². The van der Waals surface area contributed by atoms with Gasteiger partial charge >= 0.3 is 0 Å². The molecule has 1 aromatic carbocycles. The summed E-state index contributed by atoms with van der Waals surface area (Å²) in [5.41, 5.74) is 0.950. The van der Waals surface area contributed by atoms with E-state index in [1.165, 1.54) is 6.07 Å². The van der Waals surface area contributed by atoms with E-state index in [2.05, 4.69) is 20.9 Å². The number of benzene rings is 1. The minimum absolute atomic E-state index is 0. The molecule has 29 heavy (non-hydrogen) atoms. The summed E-state index contributed by atoms with van der Waals surface area (Å²) in [5, 5.41) is 14.3. The zero-order chi connectivity index (χ0) is 19.5. The van der Waals surface area contributed by atoms with Crippen molar-refractivity contribution in [2.75, 3.05) is 19.7 Å². The zero-order valence-corrected chi connectivity index (χ0v) is 17.3. The van der Waals surface area contributed by atoms with Gasteiger partial charge in [-0.3, -0.25) is 4.79 Å². The average molecular weight is 424 g/mol. The van der Waals surface area contributed by atoms with Gasteiger partial charge in [0, 0.05) is 0 Å². The molecule has 7 nitrogen and oxygen atoms in total. The van der Waals surface area contributed by atoms with E-state index in [4.69, 9.17) is 4.74 Å². The second-order valence-corrected chi connectivity index (χ2v) is 7.70. The van der Waals surface area contributed by atoms with Gasteiger partial charge in [-0.15, -0.1) is 17.5 Å². The summed E-state index contributed by atoms with van der Waals surface area (Å²) in [6.45, 7) is 4.26. The van der Waals surface area contributed by atoms with Gasteiger partial charge in [0.25, 0.3) is 5.91 Å². The summed E-state index contributed by atoms with van der Waals surface area (Å²) in [5.74, 6) is 0.105. The molecule has 2 aromatic rings. The van der Waals surface area contributed by atoms with Gasteiger partial charge in [0.05, 0.1) is 24.9 Å². The lowest BCUT2D eigenvalue weighted by molar-refractivity contribution is 0.0934. The third kappa shape index (κ3) is 5.45. The Labute approximate surface area is 175 Å². The van der Waals surface area contributed by atoms with Gasteiger partial charge in [0.15, 0.2) is 17.3 Å². The second kappa shape index (κ2) is 9.54. The van der Waals surface area contributed by atoms with E-state index in [1.54, 1.807) is 23.0 Å². The molecule has 158 valence electrons.